The van der Waals surface area contributed by atoms with Gasteiger partial charge in [0.05, 0.1) is 15.5 Å². The molecular weight excluding hydrogens is 426 g/mol. The Hall–Kier alpha value is -2.07. The molecule has 152 valence electrons. The lowest BCUT2D eigenvalue weighted by atomic mass is 10.0. The molecule has 2 aromatic heterocycles. The Bertz CT molecular complexity index is 1090. The molecule has 9 heteroatoms. The maximum absolute atomic E-state index is 12.8. The molecule has 1 fully saturated rings. The van der Waals surface area contributed by atoms with Gasteiger partial charge < -0.3 is 0 Å². The van der Waals surface area contributed by atoms with Gasteiger partial charge in [-0.2, -0.15) is 4.31 Å². The van der Waals surface area contributed by atoms with Gasteiger partial charge in [0, 0.05) is 24.0 Å². The molecule has 0 saturated carbocycles. The van der Waals surface area contributed by atoms with Crippen molar-refractivity contribution in [3.05, 3.63) is 52.7 Å². The number of hydrogen-bond acceptors (Lipinski definition) is 6. The third-order valence-electron chi connectivity index (χ3n) is 4.87. The molecular formula is C20H21N3O3S3. The number of nitrogens with one attached hydrogen (secondary N) is 1. The molecule has 3 aromatic rings. The first kappa shape index (κ1) is 20.2. The summed E-state index contributed by atoms with van der Waals surface area (Å²) in [6.45, 7) is 3.16. The zero-order valence-corrected chi connectivity index (χ0v) is 18.3. The SMILES string of the molecule is CC1CCCN(S(=O)(=O)c2ccc(C(=O)Nc3nc(-c4cccs4)cs3)cc2)C1. The Kier molecular flexibility index (Phi) is 5.82. The molecule has 0 spiro atoms. The van der Waals surface area contributed by atoms with Crippen molar-refractivity contribution >= 4 is 43.7 Å². The van der Waals surface area contributed by atoms with Gasteiger partial charge in [0.1, 0.15) is 0 Å². The summed E-state index contributed by atoms with van der Waals surface area (Å²) in [4.78, 5) is 18.2. The predicted molar refractivity (Wildman–Crippen MR) is 117 cm³/mol. The number of rotatable bonds is 5. The van der Waals surface area contributed by atoms with Crippen LogP contribution < -0.4 is 5.32 Å². The molecule has 29 heavy (non-hydrogen) atoms. The van der Waals surface area contributed by atoms with Crippen LogP contribution in [0.15, 0.2) is 52.1 Å². The number of benzene rings is 1. The van der Waals surface area contributed by atoms with E-state index in [-0.39, 0.29) is 10.8 Å². The maximum atomic E-state index is 12.8. The lowest BCUT2D eigenvalue weighted by Gasteiger charge is -2.30. The number of nitrogens with zero attached hydrogens (tertiary/aromatic N) is 2. The van der Waals surface area contributed by atoms with Gasteiger partial charge in [0.25, 0.3) is 5.91 Å². The second-order valence-electron chi connectivity index (χ2n) is 7.10. The van der Waals surface area contributed by atoms with Crippen molar-refractivity contribution in [2.24, 2.45) is 5.92 Å². The van der Waals surface area contributed by atoms with E-state index >= 15 is 0 Å². The lowest BCUT2D eigenvalue weighted by molar-refractivity contribution is 0.102. The van der Waals surface area contributed by atoms with Gasteiger partial charge in [0.15, 0.2) is 5.13 Å². The highest BCUT2D eigenvalue weighted by molar-refractivity contribution is 7.89. The van der Waals surface area contributed by atoms with Crippen LogP contribution in [0, 0.1) is 5.92 Å². The molecule has 1 saturated heterocycles. The van der Waals surface area contributed by atoms with E-state index in [4.69, 9.17) is 0 Å². The Morgan fingerprint density at radius 3 is 2.69 bits per heavy atom. The fourth-order valence-electron chi connectivity index (χ4n) is 3.33. The number of aromatic nitrogens is 1. The summed E-state index contributed by atoms with van der Waals surface area (Å²) in [5.74, 6) is 0.0496. The van der Waals surface area contributed by atoms with Gasteiger partial charge in [-0.15, -0.1) is 22.7 Å². The first-order chi connectivity index (χ1) is 13.9. The van der Waals surface area contributed by atoms with E-state index in [2.05, 4.69) is 17.2 Å². The highest BCUT2D eigenvalue weighted by Gasteiger charge is 2.28. The number of anilines is 1. The molecule has 1 aromatic carbocycles. The predicted octanol–water partition coefficient (Wildman–Crippen LogP) is 4.54. The van der Waals surface area contributed by atoms with E-state index in [0.717, 1.165) is 23.4 Å². The number of thiophene rings is 1. The van der Waals surface area contributed by atoms with Crippen molar-refractivity contribution in [1.82, 2.24) is 9.29 Å². The Morgan fingerprint density at radius 2 is 2.00 bits per heavy atom. The van der Waals surface area contributed by atoms with E-state index in [1.54, 1.807) is 23.5 Å². The molecule has 0 bridgehead atoms. The molecule has 1 amide bonds. The molecule has 4 rings (SSSR count). The Balaban J connectivity index is 1.45. The molecule has 1 unspecified atom stereocenters. The van der Waals surface area contributed by atoms with Gasteiger partial charge in [0.2, 0.25) is 10.0 Å². The van der Waals surface area contributed by atoms with Crippen LogP contribution in [0.3, 0.4) is 0 Å². The van der Waals surface area contributed by atoms with Crippen LogP contribution in [0.5, 0.6) is 0 Å². The monoisotopic (exact) mass is 447 g/mol. The average molecular weight is 448 g/mol. The zero-order valence-electron chi connectivity index (χ0n) is 15.9. The fraction of sp³-hybridized carbons (Fsp3) is 0.300. The van der Waals surface area contributed by atoms with Crippen molar-refractivity contribution < 1.29 is 13.2 Å². The smallest absolute Gasteiger partial charge is 0.257 e. The quantitative estimate of drug-likeness (QED) is 0.623. The van der Waals surface area contributed by atoms with Gasteiger partial charge in [-0.05, 0) is 54.5 Å². The minimum Gasteiger partial charge on any atom is -0.298 e. The summed E-state index contributed by atoms with van der Waals surface area (Å²) in [5.41, 5.74) is 1.22. The van der Waals surface area contributed by atoms with Crippen LogP contribution in [-0.2, 0) is 10.0 Å². The number of piperidine rings is 1. The zero-order chi connectivity index (χ0) is 20.4. The van der Waals surface area contributed by atoms with Gasteiger partial charge in [-0.1, -0.05) is 13.0 Å². The molecule has 1 aliphatic heterocycles. The highest BCUT2D eigenvalue weighted by atomic mass is 32.2. The van der Waals surface area contributed by atoms with Crippen molar-refractivity contribution in [2.75, 3.05) is 18.4 Å². The molecule has 0 aliphatic carbocycles. The second kappa shape index (κ2) is 8.35. The van der Waals surface area contributed by atoms with Crippen LogP contribution in [0.2, 0.25) is 0 Å². The van der Waals surface area contributed by atoms with Gasteiger partial charge >= 0.3 is 0 Å². The summed E-state index contributed by atoms with van der Waals surface area (Å²) in [5, 5.41) is 7.17. The number of hydrogen-bond donors (Lipinski definition) is 1. The van der Waals surface area contributed by atoms with Crippen LogP contribution >= 0.6 is 22.7 Å². The van der Waals surface area contributed by atoms with E-state index in [1.807, 2.05) is 22.9 Å². The van der Waals surface area contributed by atoms with Crippen molar-refractivity contribution in [2.45, 2.75) is 24.7 Å². The summed E-state index contributed by atoms with van der Waals surface area (Å²) in [6.07, 6.45) is 1.93. The summed E-state index contributed by atoms with van der Waals surface area (Å²) in [6, 6.07) is 10.0. The van der Waals surface area contributed by atoms with Crippen LogP contribution in [-0.4, -0.2) is 36.7 Å². The summed E-state index contributed by atoms with van der Waals surface area (Å²) >= 11 is 2.95. The van der Waals surface area contributed by atoms with Crippen LogP contribution in [0.4, 0.5) is 5.13 Å². The first-order valence-electron chi connectivity index (χ1n) is 9.34. The molecule has 1 atom stereocenters. The summed E-state index contributed by atoms with van der Waals surface area (Å²) in [7, 11) is -3.53. The number of carbonyl (C=O) groups is 1. The number of amides is 1. The standard InChI is InChI=1S/C20H21N3O3S3/c1-14-4-2-10-23(12-14)29(25,26)16-8-6-15(7-9-16)19(24)22-20-21-17(13-28-20)18-5-3-11-27-18/h3,5-9,11,13-14H,2,4,10,12H2,1H3,(H,21,22,24). The lowest BCUT2D eigenvalue weighted by Crippen LogP contribution is -2.39. The van der Waals surface area contributed by atoms with E-state index in [9.17, 15) is 13.2 Å². The van der Waals surface area contributed by atoms with Crippen molar-refractivity contribution in [3.8, 4) is 10.6 Å². The molecule has 1 N–H and O–H groups in total. The molecule has 0 radical (unpaired) electrons. The van der Waals surface area contributed by atoms with E-state index < -0.39 is 10.0 Å². The molecule has 3 heterocycles. The fourth-order valence-corrected chi connectivity index (χ4v) is 6.39. The molecule has 1 aliphatic rings. The number of thiazole rings is 1. The third-order valence-corrected chi connectivity index (χ3v) is 8.40. The van der Waals surface area contributed by atoms with Crippen LogP contribution in [0.25, 0.3) is 10.6 Å². The van der Waals surface area contributed by atoms with E-state index in [0.29, 0.717) is 29.7 Å². The second-order valence-corrected chi connectivity index (χ2v) is 10.8. The average Bonchev–Trinajstić information content (AvgIpc) is 3.40. The van der Waals surface area contributed by atoms with Crippen molar-refractivity contribution in [3.63, 3.8) is 0 Å². The minimum atomic E-state index is -3.53. The van der Waals surface area contributed by atoms with E-state index in [1.165, 1.54) is 27.8 Å². The normalized spacial score (nSPS) is 17.9. The largest absolute Gasteiger partial charge is 0.298 e. The molecule has 6 nitrogen and oxygen atoms in total. The number of carbonyl (C=O) groups excluding carboxylic acids is 1. The maximum Gasteiger partial charge on any atom is 0.257 e. The number of sulfonamides is 1. The van der Waals surface area contributed by atoms with Crippen LogP contribution in [0.1, 0.15) is 30.1 Å². The van der Waals surface area contributed by atoms with Gasteiger partial charge in [-0.3, -0.25) is 10.1 Å². The summed E-state index contributed by atoms with van der Waals surface area (Å²) < 4.78 is 27.2. The Morgan fingerprint density at radius 1 is 1.21 bits per heavy atom. The first-order valence-corrected chi connectivity index (χ1v) is 12.5. The third kappa shape index (κ3) is 4.42. The van der Waals surface area contributed by atoms with Crippen molar-refractivity contribution in [1.29, 1.82) is 0 Å². The van der Waals surface area contributed by atoms with Gasteiger partial charge in [-0.25, -0.2) is 13.4 Å². The highest BCUT2D eigenvalue weighted by Crippen LogP contribution is 2.28. The topological polar surface area (TPSA) is 79.4 Å². The minimum absolute atomic E-state index is 0.220. The Labute approximate surface area is 178 Å².